The molecule has 0 radical (unpaired) electrons. The molecule has 2 rings (SSSR count). The molecule has 0 aliphatic carbocycles. The lowest BCUT2D eigenvalue weighted by Crippen LogP contribution is -2.21. The van der Waals surface area contributed by atoms with Crippen molar-refractivity contribution in [3.63, 3.8) is 0 Å². The fourth-order valence-corrected chi connectivity index (χ4v) is 1.90. The molecule has 0 amide bonds. The van der Waals surface area contributed by atoms with Crippen LogP contribution in [-0.2, 0) is 6.54 Å². The smallest absolute Gasteiger partial charge is 0.0486 e. The summed E-state index contributed by atoms with van der Waals surface area (Å²) in [6, 6.07) is 8.69. The highest BCUT2D eigenvalue weighted by Gasteiger charge is 2.17. The van der Waals surface area contributed by atoms with Gasteiger partial charge in [-0.15, -0.1) is 0 Å². The van der Waals surface area contributed by atoms with Crippen LogP contribution in [0.25, 0.3) is 0 Å². The van der Waals surface area contributed by atoms with Crippen molar-refractivity contribution >= 4 is 11.6 Å². The van der Waals surface area contributed by atoms with E-state index in [0.29, 0.717) is 6.04 Å². The summed E-state index contributed by atoms with van der Waals surface area (Å²) in [5, 5.41) is 4.21. The van der Waals surface area contributed by atoms with Gasteiger partial charge in [-0.3, -0.25) is 4.90 Å². The van der Waals surface area contributed by atoms with Crippen molar-refractivity contribution in [3.8, 4) is 0 Å². The Hall–Kier alpha value is -0.570. The summed E-state index contributed by atoms with van der Waals surface area (Å²) in [7, 11) is 0. The number of halogens is 1. The summed E-state index contributed by atoms with van der Waals surface area (Å²) in [4.78, 5) is 2.40. The summed E-state index contributed by atoms with van der Waals surface area (Å²) >= 11 is 5.83. The fraction of sp³-hybridized carbons (Fsp3) is 0.455. The first-order valence-corrected chi connectivity index (χ1v) is 5.32. The molecular weight excluding hydrogens is 196 g/mol. The molecule has 1 aliphatic rings. The maximum absolute atomic E-state index is 5.83. The van der Waals surface area contributed by atoms with Gasteiger partial charge < -0.3 is 5.32 Å². The van der Waals surface area contributed by atoms with E-state index in [9.17, 15) is 0 Å². The van der Waals surface area contributed by atoms with Crippen LogP contribution in [0, 0.1) is 0 Å². The summed E-state index contributed by atoms with van der Waals surface area (Å²) in [5.41, 5.74) is 1.32. The predicted molar refractivity (Wildman–Crippen MR) is 59.3 cm³/mol. The molecule has 1 unspecified atom stereocenters. The predicted octanol–water partition coefficient (Wildman–Crippen LogP) is 2.09. The second kappa shape index (κ2) is 4.30. The first-order valence-electron chi connectivity index (χ1n) is 4.94. The summed E-state index contributed by atoms with van der Waals surface area (Å²) in [5.74, 6) is 0. The van der Waals surface area contributed by atoms with Gasteiger partial charge in [0.15, 0.2) is 0 Å². The van der Waals surface area contributed by atoms with Crippen molar-refractivity contribution in [3.05, 3.63) is 34.9 Å². The molecule has 1 heterocycles. The molecule has 1 fully saturated rings. The van der Waals surface area contributed by atoms with Crippen LogP contribution >= 0.6 is 11.6 Å². The number of nitrogens with zero attached hydrogens (tertiary/aromatic N) is 1. The molecule has 1 N–H and O–H groups in total. The minimum atomic E-state index is 0.613. The Balaban J connectivity index is 1.94. The summed E-state index contributed by atoms with van der Waals surface area (Å²) in [6.45, 7) is 5.34. The van der Waals surface area contributed by atoms with Gasteiger partial charge in [0.2, 0.25) is 0 Å². The van der Waals surface area contributed by atoms with Gasteiger partial charge in [-0.25, -0.2) is 0 Å². The molecule has 1 aromatic carbocycles. The van der Waals surface area contributed by atoms with Crippen molar-refractivity contribution in [1.29, 1.82) is 0 Å². The average Bonchev–Trinajstić information content (AvgIpc) is 2.56. The molecule has 0 bridgehead atoms. The van der Waals surface area contributed by atoms with Crippen LogP contribution < -0.4 is 5.32 Å². The largest absolute Gasteiger partial charge is 0.300 e. The Morgan fingerprint density at radius 3 is 2.71 bits per heavy atom. The van der Waals surface area contributed by atoms with Crippen LogP contribution in [0.15, 0.2) is 24.3 Å². The quantitative estimate of drug-likeness (QED) is 0.804. The van der Waals surface area contributed by atoms with Gasteiger partial charge in [0.25, 0.3) is 0 Å². The maximum Gasteiger partial charge on any atom is 0.0486 e. The minimum Gasteiger partial charge on any atom is -0.300 e. The number of hydrogen-bond donors (Lipinski definition) is 1. The molecule has 0 aromatic heterocycles. The van der Waals surface area contributed by atoms with Gasteiger partial charge in [-0.1, -0.05) is 23.7 Å². The number of benzene rings is 1. The van der Waals surface area contributed by atoms with E-state index < -0.39 is 0 Å². The Labute approximate surface area is 89.9 Å². The van der Waals surface area contributed by atoms with E-state index in [2.05, 4.69) is 29.3 Å². The minimum absolute atomic E-state index is 0.613. The van der Waals surface area contributed by atoms with Crippen molar-refractivity contribution < 1.29 is 0 Å². The lowest BCUT2D eigenvalue weighted by atomic mass is 10.2. The molecule has 1 saturated heterocycles. The molecule has 14 heavy (non-hydrogen) atoms. The van der Waals surface area contributed by atoms with Crippen molar-refractivity contribution in [1.82, 2.24) is 10.2 Å². The van der Waals surface area contributed by atoms with Gasteiger partial charge in [0.1, 0.15) is 0 Å². The fourth-order valence-electron chi connectivity index (χ4n) is 1.77. The van der Waals surface area contributed by atoms with E-state index in [0.717, 1.165) is 24.8 Å². The summed E-state index contributed by atoms with van der Waals surface area (Å²) < 4.78 is 0. The maximum atomic E-state index is 5.83. The first kappa shape index (κ1) is 9.97. The Morgan fingerprint density at radius 1 is 1.43 bits per heavy atom. The summed E-state index contributed by atoms with van der Waals surface area (Å²) in [6.07, 6.45) is 0. The van der Waals surface area contributed by atoms with Crippen LogP contribution in [0.3, 0.4) is 0 Å². The van der Waals surface area contributed by atoms with Gasteiger partial charge in [-0.05, 0) is 24.6 Å². The molecule has 0 spiro atoms. The molecule has 76 valence electrons. The third kappa shape index (κ3) is 2.47. The van der Waals surface area contributed by atoms with Gasteiger partial charge in [-0.2, -0.15) is 0 Å². The van der Waals surface area contributed by atoms with E-state index in [1.165, 1.54) is 5.56 Å². The molecule has 3 heteroatoms. The highest BCUT2D eigenvalue weighted by atomic mass is 35.5. The first-order chi connectivity index (χ1) is 6.74. The third-order valence-electron chi connectivity index (χ3n) is 2.51. The molecule has 1 aromatic rings. The topological polar surface area (TPSA) is 15.3 Å². The highest BCUT2D eigenvalue weighted by Crippen LogP contribution is 2.12. The van der Waals surface area contributed by atoms with Gasteiger partial charge in [0.05, 0.1) is 0 Å². The van der Waals surface area contributed by atoms with Crippen LogP contribution in [-0.4, -0.2) is 24.2 Å². The third-order valence-corrected chi connectivity index (χ3v) is 2.77. The Kier molecular flexibility index (Phi) is 3.06. The van der Waals surface area contributed by atoms with Gasteiger partial charge >= 0.3 is 0 Å². The molecule has 1 aliphatic heterocycles. The van der Waals surface area contributed by atoms with Crippen LogP contribution in [0.5, 0.6) is 0 Å². The number of nitrogens with one attached hydrogen (secondary N) is 1. The number of hydrogen-bond acceptors (Lipinski definition) is 2. The monoisotopic (exact) mass is 210 g/mol. The van der Waals surface area contributed by atoms with Crippen molar-refractivity contribution in [2.45, 2.75) is 19.5 Å². The Bertz CT molecular complexity index is 297. The Morgan fingerprint density at radius 2 is 2.14 bits per heavy atom. The van der Waals surface area contributed by atoms with Crippen LogP contribution in [0.1, 0.15) is 12.5 Å². The second-order valence-electron chi connectivity index (χ2n) is 3.90. The highest BCUT2D eigenvalue weighted by molar-refractivity contribution is 6.30. The molecule has 1 atom stereocenters. The van der Waals surface area contributed by atoms with E-state index >= 15 is 0 Å². The lowest BCUT2D eigenvalue weighted by Gasteiger charge is -2.13. The van der Waals surface area contributed by atoms with Crippen molar-refractivity contribution in [2.75, 3.05) is 13.2 Å². The van der Waals surface area contributed by atoms with E-state index in [1.807, 2.05) is 12.1 Å². The normalized spacial score (nSPS) is 22.9. The van der Waals surface area contributed by atoms with Crippen molar-refractivity contribution in [2.24, 2.45) is 0 Å². The van der Waals surface area contributed by atoms with E-state index in [-0.39, 0.29) is 0 Å². The zero-order valence-electron chi connectivity index (χ0n) is 8.33. The molecular formula is C11H15ClN2. The van der Waals surface area contributed by atoms with E-state index in [1.54, 1.807) is 0 Å². The number of rotatable bonds is 2. The SMILES string of the molecule is CC1CN(Cc2ccc(Cl)cc2)CN1. The van der Waals surface area contributed by atoms with E-state index in [4.69, 9.17) is 11.6 Å². The molecule has 2 nitrogen and oxygen atoms in total. The van der Waals surface area contributed by atoms with Crippen LogP contribution in [0.2, 0.25) is 5.02 Å². The van der Waals surface area contributed by atoms with Gasteiger partial charge in [0, 0.05) is 30.8 Å². The average molecular weight is 211 g/mol. The zero-order valence-corrected chi connectivity index (χ0v) is 9.09. The lowest BCUT2D eigenvalue weighted by molar-refractivity contribution is 0.324. The second-order valence-corrected chi connectivity index (χ2v) is 4.34. The van der Waals surface area contributed by atoms with Crippen LogP contribution in [0.4, 0.5) is 0 Å². The standard InChI is InChI=1S/C11H15ClN2/c1-9-6-14(8-13-9)7-10-2-4-11(12)5-3-10/h2-5,9,13H,6-8H2,1H3. The molecule has 0 saturated carbocycles. The zero-order chi connectivity index (χ0) is 9.97.